The summed E-state index contributed by atoms with van der Waals surface area (Å²) in [7, 11) is 0. The van der Waals surface area contributed by atoms with Crippen LogP contribution in [0.5, 0.6) is 0 Å². The number of aliphatic imine (C=N–C) groups is 1. The molecule has 1 aliphatic rings. The first-order valence-electron chi connectivity index (χ1n) is 4.47. The fourth-order valence-electron chi connectivity index (χ4n) is 1.79. The molecule has 1 heterocycles. The Kier molecular flexibility index (Phi) is 2.36. The first-order chi connectivity index (χ1) is 6.78. The number of hydrogen-bond donors (Lipinski definition) is 0. The Morgan fingerprint density at radius 1 is 1.57 bits per heavy atom. The highest BCUT2D eigenvalue weighted by molar-refractivity contribution is 6.31. The first-order valence-corrected chi connectivity index (χ1v) is 4.85. The summed E-state index contributed by atoms with van der Waals surface area (Å²) >= 11 is 6.00. The molecule has 0 N–H and O–H groups in total. The van der Waals surface area contributed by atoms with Crippen molar-refractivity contribution in [3.63, 3.8) is 0 Å². The molecule has 2 rings (SSSR count). The average Bonchev–Trinajstić information content (AvgIpc) is 2.13. The van der Waals surface area contributed by atoms with Crippen molar-refractivity contribution in [3.8, 4) is 0 Å². The summed E-state index contributed by atoms with van der Waals surface area (Å²) < 4.78 is 0. The Labute approximate surface area is 86.8 Å². The van der Waals surface area contributed by atoms with E-state index in [1.807, 2.05) is 6.07 Å². The molecule has 0 amide bonds. The van der Waals surface area contributed by atoms with Crippen LogP contribution in [0, 0.1) is 0 Å². The van der Waals surface area contributed by atoms with Crippen LogP contribution in [0.4, 0.5) is 0 Å². The molecule has 1 fully saturated rings. The van der Waals surface area contributed by atoms with E-state index in [0.29, 0.717) is 5.02 Å². The largest absolute Gasteiger partial charge is 0.263 e. The lowest BCUT2D eigenvalue weighted by molar-refractivity contribution is 0.256. The third-order valence-corrected chi connectivity index (χ3v) is 3.02. The molecule has 72 valence electrons. The summed E-state index contributed by atoms with van der Waals surface area (Å²) in [5.41, 5.74) is 0.477. The smallest absolute Gasteiger partial charge is 0.235 e. The summed E-state index contributed by atoms with van der Waals surface area (Å²) in [6, 6.07) is 1.82. The van der Waals surface area contributed by atoms with E-state index in [-0.39, 0.29) is 0 Å². The molecule has 1 aromatic heterocycles. The Morgan fingerprint density at radius 3 is 2.86 bits per heavy atom. The van der Waals surface area contributed by atoms with E-state index in [0.717, 1.165) is 24.8 Å². The summed E-state index contributed by atoms with van der Waals surface area (Å²) in [4.78, 5) is 18.1. The molecule has 0 spiro atoms. The van der Waals surface area contributed by atoms with Crippen molar-refractivity contribution >= 4 is 17.7 Å². The molecule has 0 atom stereocenters. The van der Waals surface area contributed by atoms with Gasteiger partial charge in [0.1, 0.15) is 0 Å². The van der Waals surface area contributed by atoms with Gasteiger partial charge in [0.25, 0.3) is 0 Å². The standard InChI is InChI=1S/C10H9ClN2O/c11-9-6-12-5-2-8(9)10(13-7-14)3-1-4-10/h2,5-6H,1,3-4H2. The molecular formula is C10H9ClN2O. The lowest BCUT2D eigenvalue weighted by atomic mass is 9.72. The minimum Gasteiger partial charge on any atom is -0.263 e. The minimum absolute atomic E-state index is 0.415. The number of aromatic nitrogens is 1. The maximum atomic E-state index is 10.3. The molecule has 0 bridgehead atoms. The van der Waals surface area contributed by atoms with Crippen LogP contribution in [0.2, 0.25) is 5.02 Å². The second-order valence-corrected chi connectivity index (χ2v) is 3.85. The van der Waals surface area contributed by atoms with Crippen molar-refractivity contribution in [3.05, 3.63) is 29.0 Å². The number of nitrogens with zero attached hydrogens (tertiary/aromatic N) is 2. The van der Waals surface area contributed by atoms with Gasteiger partial charge < -0.3 is 0 Å². The van der Waals surface area contributed by atoms with Crippen LogP contribution in [0.3, 0.4) is 0 Å². The summed E-state index contributed by atoms with van der Waals surface area (Å²) in [5, 5.41) is 0.575. The zero-order valence-corrected chi connectivity index (χ0v) is 8.29. The van der Waals surface area contributed by atoms with Crippen molar-refractivity contribution in [1.82, 2.24) is 4.98 Å². The number of carbonyl (C=O) groups excluding carboxylic acids is 1. The lowest BCUT2D eigenvalue weighted by Gasteiger charge is -2.37. The Hall–Kier alpha value is -1.18. The van der Waals surface area contributed by atoms with Crippen LogP contribution in [0.1, 0.15) is 24.8 Å². The second kappa shape index (κ2) is 3.52. The average molecular weight is 209 g/mol. The van der Waals surface area contributed by atoms with Gasteiger partial charge in [-0.2, -0.15) is 4.99 Å². The predicted octanol–water partition coefficient (Wildman–Crippen LogP) is 2.45. The molecule has 1 saturated carbocycles. The van der Waals surface area contributed by atoms with Gasteiger partial charge in [-0.25, -0.2) is 4.79 Å². The van der Waals surface area contributed by atoms with E-state index in [9.17, 15) is 4.79 Å². The van der Waals surface area contributed by atoms with Gasteiger partial charge in [0.05, 0.1) is 10.6 Å². The van der Waals surface area contributed by atoms with Crippen molar-refractivity contribution in [2.24, 2.45) is 4.99 Å². The number of isocyanates is 1. The minimum atomic E-state index is -0.415. The van der Waals surface area contributed by atoms with Gasteiger partial charge in [-0.15, -0.1) is 0 Å². The molecule has 0 aliphatic heterocycles. The van der Waals surface area contributed by atoms with Crippen LogP contribution >= 0.6 is 11.6 Å². The number of pyridine rings is 1. The van der Waals surface area contributed by atoms with Crippen molar-refractivity contribution in [1.29, 1.82) is 0 Å². The van der Waals surface area contributed by atoms with Crippen molar-refractivity contribution in [2.75, 3.05) is 0 Å². The maximum Gasteiger partial charge on any atom is 0.235 e. The van der Waals surface area contributed by atoms with Crippen LogP contribution in [0.25, 0.3) is 0 Å². The normalized spacial score (nSPS) is 18.1. The highest BCUT2D eigenvalue weighted by atomic mass is 35.5. The lowest BCUT2D eigenvalue weighted by Crippen LogP contribution is -2.32. The van der Waals surface area contributed by atoms with E-state index in [4.69, 9.17) is 11.6 Å². The highest BCUT2D eigenvalue weighted by Gasteiger charge is 2.40. The van der Waals surface area contributed by atoms with E-state index in [1.54, 1.807) is 18.5 Å². The fraction of sp³-hybridized carbons (Fsp3) is 0.400. The van der Waals surface area contributed by atoms with Gasteiger partial charge >= 0.3 is 0 Å². The first kappa shape index (κ1) is 9.38. The Balaban J connectivity index is 2.46. The molecule has 1 aromatic rings. The predicted molar refractivity (Wildman–Crippen MR) is 52.9 cm³/mol. The fourth-order valence-corrected chi connectivity index (χ4v) is 2.09. The summed E-state index contributed by atoms with van der Waals surface area (Å²) in [5.74, 6) is 0. The number of hydrogen-bond acceptors (Lipinski definition) is 3. The summed E-state index contributed by atoms with van der Waals surface area (Å²) in [6.45, 7) is 0. The summed E-state index contributed by atoms with van der Waals surface area (Å²) in [6.07, 6.45) is 7.69. The second-order valence-electron chi connectivity index (χ2n) is 3.44. The van der Waals surface area contributed by atoms with Gasteiger partial charge in [0.2, 0.25) is 6.08 Å². The van der Waals surface area contributed by atoms with Crippen LogP contribution in [0.15, 0.2) is 23.5 Å². The van der Waals surface area contributed by atoms with Crippen LogP contribution in [-0.4, -0.2) is 11.1 Å². The van der Waals surface area contributed by atoms with Gasteiger partial charge in [0, 0.05) is 18.0 Å². The quantitative estimate of drug-likeness (QED) is 0.554. The topological polar surface area (TPSA) is 42.3 Å². The Bertz CT molecular complexity index is 395. The molecule has 1 aliphatic carbocycles. The van der Waals surface area contributed by atoms with Gasteiger partial charge in [0.15, 0.2) is 0 Å². The van der Waals surface area contributed by atoms with E-state index < -0.39 is 5.54 Å². The third-order valence-electron chi connectivity index (χ3n) is 2.71. The van der Waals surface area contributed by atoms with Crippen LogP contribution in [-0.2, 0) is 10.3 Å². The molecular weight excluding hydrogens is 200 g/mol. The number of rotatable bonds is 2. The van der Waals surface area contributed by atoms with Crippen molar-refractivity contribution < 1.29 is 4.79 Å². The molecule has 0 unspecified atom stereocenters. The highest BCUT2D eigenvalue weighted by Crippen LogP contribution is 2.46. The molecule has 0 radical (unpaired) electrons. The van der Waals surface area contributed by atoms with Crippen LogP contribution < -0.4 is 0 Å². The zero-order chi connectivity index (χ0) is 10.0. The maximum absolute atomic E-state index is 10.3. The van der Waals surface area contributed by atoms with Gasteiger partial charge in [-0.1, -0.05) is 11.6 Å². The Morgan fingerprint density at radius 2 is 2.36 bits per heavy atom. The van der Waals surface area contributed by atoms with E-state index in [2.05, 4.69) is 9.98 Å². The third kappa shape index (κ3) is 1.35. The molecule has 4 heteroatoms. The molecule has 3 nitrogen and oxygen atoms in total. The van der Waals surface area contributed by atoms with E-state index in [1.165, 1.54) is 0 Å². The monoisotopic (exact) mass is 208 g/mol. The molecule has 14 heavy (non-hydrogen) atoms. The molecule has 0 saturated heterocycles. The molecule has 0 aromatic carbocycles. The SMILES string of the molecule is O=C=NC1(c2ccncc2Cl)CCC1. The van der Waals surface area contributed by atoms with E-state index >= 15 is 0 Å². The van der Waals surface area contributed by atoms with Crippen molar-refractivity contribution in [2.45, 2.75) is 24.8 Å². The van der Waals surface area contributed by atoms with Gasteiger partial charge in [-0.05, 0) is 25.3 Å². The van der Waals surface area contributed by atoms with Gasteiger partial charge in [-0.3, -0.25) is 4.98 Å². The zero-order valence-electron chi connectivity index (χ0n) is 7.53. The number of halogens is 1.